The molecular weight excluding hydrogens is 364 g/mol. The number of sulfonamides is 1. The molecule has 0 fully saturated rings. The molecule has 2 rings (SSSR count). The van der Waals surface area contributed by atoms with Crippen LogP contribution in [0.5, 0.6) is 5.75 Å². The standard InChI is InChI=1S/C20H26N2O4S/c1-5-19(18-9-7-6-8-15(18)2)21-20(23)14-26-17-12-10-16(11-13-17)22(3)27(4,24)25/h6-13,19H,5,14H2,1-4H3,(H,21,23). The number of nitrogens with one attached hydrogen (secondary N) is 1. The lowest BCUT2D eigenvalue weighted by atomic mass is 9.99. The zero-order chi connectivity index (χ0) is 20.0. The Hall–Kier alpha value is -2.54. The minimum atomic E-state index is -3.31. The molecule has 1 unspecified atom stereocenters. The van der Waals surface area contributed by atoms with Gasteiger partial charge < -0.3 is 10.1 Å². The van der Waals surface area contributed by atoms with Crippen molar-refractivity contribution in [3.63, 3.8) is 0 Å². The van der Waals surface area contributed by atoms with Gasteiger partial charge in [-0.1, -0.05) is 31.2 Å². The van der Waals surface area contributed by atoms with E-state index in [1.165, 1.54) is 11.4 Å². The maximum atomic E-state index is 12.3. The Labute approximate surface area is 161 Å². The maximum Gasteiger partial charge on any atom is 0.258 e. The van der Waals surface area contributed by atoms with Crippen molar-refractivity contribution in [2.24, 2.45) is 0 Å². The summed E-state index contributed by atoms with van der Waals surface area (Å²) in [5.41, 5.74) is 2.76. The number of carbonyl (C=O) groups is 1. The number of benzene rings is 2. The maximum absolute atomic E-state index is 12.3. The Balaban J connectivity index is 1.94. The molecule has 1 atom stereocenters. The van der Waals surface area contributed by atoms with Gasteiger partial charge in [0, 0.05) is 7.05 Å². The number of amides is 1. The van der Waals surface area contributed by atoms with Crippen LogP contribution in [0.1, 0.15) is 30.5 Å². The summed E-state index contributed by atoms with van der Waals surface area (Å²) >= 11 is 0. The van der Waals surface area contributed by atoms with Crippen LogP contribution < -0.4 is 14.4 Å². The smallest absolute Gasteiger partial charge is 0.258 e. The van der Waals surface area contributed by atoms with Crippen molar-refractivity contribution in [3.8, 4) is 5.75 Å². The van der Waals surface area contributed by atoms with Crippen LogP contribution in [0.15, 0.2) is 48.5 Å². The highest BCUT2D eigenvalue weighted by molar-refractivity contribution is 7.92. The third kappa shape index (κ3) is 5.72. The predicted molar refractivity (Wildman–Crippen MR) is 108 cm³/mol. The molecule has 1 amide bonds. The predicted octanol–water partition coefficient (Wildman–Crippen LogP) is 3.04. The van der Waals surface area contributed by atoms with Crippen molar-refractivity contribution in [2.45, 2.75) is 26.3 Å². The second-order valence-electron chi connectivity index (χ2n) is 6.40. The lowest BCUT2D eigenvalue weighted by Crippen LogP contribution is -2.32. The van der Waals surface area contributed by atoms with Gasteiger partial charge in [-0.15, -0.1) is 0 Å². The van der Waals surface area contributed by atoms with Crippen LogP contribution in [0.4, 0.5) is 5.69 Å². The highest BCUT2D eigenvalue weighted by Crippen LogP contribution is 2.21. The molecule has 0 aromatic heterocycles. The molecule has 0 radical (unpaired) electrons. The van der Waals surface area contributed by atoms with Crippen LogP contribution in [0.25, 0.3) is 0 Å². The van der Waals surface area contributed by atoms with Crippen molar-refractivity contribution in [1.82, 2.24) is 5.32 Å². The molecule has 0 spiro atoms. The van der Waals surface area contributed by atoms with E-state index in [0.717, 1.165) is 23.8 Å². The Morgan fingerprint density at radius 1 is 1.15 bits per heavy atom. The molecule has 6 nitrogen and oxygen atoms in total. The highest BCUT2D eigenvalue weighted by Gasteiger charge is 2.15. The van der Waals surface area contributed by atoms with Crippen molar-refractivity contribution >= 4 is 21.6 Å². The van der Waals surface area contributed by atoms with E-state index < -0.39 is 10.0 Å². The van der Waals surface area contributed by atoms with Crippen LogP contribution in [-0.4, -0.2) is 34.2 Å². The number of hydrogen-bond donors (Lipinski definition) is 1. The molecule has 27 heavy (non-hydrogen) atoms. The molecule has 2 aromatic carbocycles. The van der Waals surface area contributed by atoms with Gasteiger partial charge in [0.2, 0.25) is 10.0 Å². The first-order valence-corrected chi connectivity index (χ1v) is 10.6. The summed E-state index contributed by atoms with van der Waals surface area (Å²) < 4.78 is 29.8. The summed E-state index contributed by atoms with van der Waals surface area (Å²) in [6.45, 7) is 3.94. The first kappa shape index (κ1) is 20.8. The number of aryl methyl sites for hydroxylation is 1. The molecule has 0 saturated carbocycles. The molecule has 0 aliphatic rings. The number of nitrogens with zero attached hydrogens (tertiary/aromatic N) is 1. The second-order valence-corrected chi connectivity index (χ2v) is 8.41. The number of rotatable bonds is 8. The molecule has 0 bridgehead atoms. The Bertz CT molecular complexity index is 879. The van der Waals surface area contributed by atoms with Gasteiger partial charge in [-0.05, 0) is 48.7 Å². The summed E-state index contributed by atoms with van der Waals surface area (Å²) in [5, 5.41) is 2.99. The monoisotopic (exact) mass is 390 g/mol. The zero-order valence-corrected chi connectivity index (χ0v) is 16.9. The lowest BCUT2D eigenvalue weighted by Gasteiger charge is -2.20. The Morgan fingerprint density at radius 2 is 1.78 bits per heavy atom. The molecule has 0 saturated heterocycles. The number of anilines is 1. The first-order chi connectivity index (χ1) is 12.7. The molecular formula is C20H26N2O4S. The summed E-state index contributed by atoms with van der Waals surface area (Å²) in [5.74, 6) is 0.294. The lowest BCUT2D eigenvalue weighted by molar-refractivity contribution is -0.123. The fourth-order valence-corrected chi connectivity index (χ4v) is 3.21. The van der Waals surface area contributed by atoms with Crippen LogP contribution in [0.2, 0.25) is 0 Å². The number of carbonyl (C=O) groups excluding carboxylic acids is 1. The van der Waals surface area contributed by atoms with Gasteiger partial charge in [0.25, 0.3) is 5.91 Å². The Morgan fingerprint density at radius 3 is 2.33 bits per heavy atom. The Kier molecular flexibility index (Phi) is 6.85. The summed E-state index contributed by atoms with van der Waals surface area (Å²) in [6, 6.07) is 14.5. The first-order valence-electron chi connectivity index (χ1n) is 8.74. The van der Waals surface area contributed by atoms with Gasteiger partial charge in [-0.2, -0.15) is 0 Å². The molecule has 146 valence electrons. The van der Waals surface area contributed by atoms with Gasteiger partial charge >= 0.3 is 0 Å². The van der Waals surface area contributed by atoms with Crippen molar-refractivity contribution in [2.75, 3.05) is 24.2 Å². The van der Waals surface area contributed by atoms with Gasteiger partial charge in [0.15, 0.2) is 6.61 Å². The number of hydrogen-bond acceptors (Lipinski definition) is 4. The third-order valence-corrected chi connectivity index (χ3v) is 5.58. The third-order valence-electron chi connectivity index (χ3n) is 4.38. The molecule has 7 heteroatoms. The molecule has 1 N–H and O–H groups in total. The van der Waals surface area contributed by atoms with Crippen molar-refractivity contribution in [3.05, 3.63) is 59.7 Å². The molecule has 0 heterocycles. The van der Waals surface area contributed by atoms with E-state index in [1.54, 1.807) is 24.3 Å². The molecule has 0 aliphatic heterocycles. The summed E-state index contributed by atoms with van der Waals surface area (Å²) in [6.07, 6.45) is 1.92. The van der Waals surface area contributed by atoms with E-state index in [1.807, 2.05) is 38.1 Å². The van der Waals surface area contributed by atoms with E-state index in [-0.39, 0.29) is 18.6 Å². The van der Waals surface area contributed by atoms with Crippen molar-refractivity contribution < 1.29 is 17.9 Å². The van der Waals surface area contributed by atoms with Gasteiger partial charge in [-0.3, -0.25) is 9.10 Å². The fraction of sp³-hybridized carbons (Fsp3) is 0.350. The minimum Gasteiger partial charge on any atom is -0.484 e. The van der Waals surface area contributed by atoms with E-state index in [2.05, 4.69) is 5.32 Å². The number of ether oxygens (including phenoxy) is 1. The summed E-state index contributed by atoms with van der Waals surface area (Å²) in [7, 11) is -1.83. The largest absolute Gasteiger partial charge is 0.484 e. The van der Waals surface area contributed by atoms with E-state index in [4.69, 9.17) is 4.74 Å². The van der Waals surface area contributed by atoms with Gasteiger partial charge in [0.1, 0.15) is 5.75 Å². The average molecular weight is 391 g/mol. The zero-order valence-electron chi connectivity index (χ0n) is 16.1. The summed E-state index contributed by atoms with van der Waals surface area (Å²) in [4.78, 5) is 12.3. The SMILES string of the molecule is CCC(NC(=O)COc1ccc(N(C)S(C)(=O)=O)cc1)c1ccccc1C. The van der Waals surface area contributed by atoms with Gasteiger partial charge in [0.05, 0.1) is 18.0 Å². The van der Waals surface area contributed by atoms with Crippen LogP contribution in [0.3, 0.4) is 0 Å². The molecule has 0 aliphatic carbocycles. The quantitative estimate of drug-likeness (QED) is 0.752. The van der Waals surface area contributed by atoms with Crippen molar-refractivity contribution in [1.29, 1.82) is 0 Å². The fourth-order valence-electron chi connectivity index (χ4n) is 2.71. The van der Waals surface area contributed by atoms with E-state index >= 15 is 0 Å². The average Bonchev–Trinajstić information content (AvgIpc) is 2.64. The van der Waals surface area contributed by atoms with Crippen LogP contribution in [0, 0.1) is 6.92 Å². The van der Waals surface area contributed by atoms with Gasteiger partial charge in [-0.25, -0.2) is 8.42 Å². The van der Waals surface area contributed by atoms with E-state index in [9.17, 15) is 13.2 Å². The topological polar surface area (TPSA) is 75.7 Å². The van der Waals surface area contributed by atoms with E-state index in [0.29, 0.717) is 11.4 Å². The minimum absolute atomic E-state index is 0.0620. The normalized spacial score (nSPS) is 12.3. The highest BCUT2D eigenvalue weighted by atomic mass is 32.2. The molecule has 2 aromatic rings. The second kappa shape index (κ2) is 8.90. The van der Waals surface area contributed by atoms with Crippen LogP contribution >= 0.6 is 0 Å². The van der Waals surface area contributed by atoms with Crippen LogP contribution in [-0.2, 0) is 14.8 Å².